The summed E-state index contributed by atoms with van der Waals surface area (Å²) < 4.78 is 0. The fraction of sp³-hybridized carbons (Fsp3) is 0.500. The third-order valence-corrected chi connectivity index (χ3v) is 3.37. The number of para-hydroxylation sites is 1. The van der Waals surface area contributed by atoms with Gasteiger partial charge in [-0.1, -0.05) is 19.1 Å². The van der Waals surface area contributed by atoms with E-state index in [4.69, 9.17) is 0 Å². The van der Waals surface area contributed by atoms with Crippen molar-refractivity contribution in [2.45, 2.75) is 19.8 Å². The molecule has 92 valence electrons. The van der Waals surface area contributed by atoms with Crippen LogP contribution in [0.5, 0.6) is 0 Å². The maximum atomic E-state index is 12.4. The van der Waals surface area contributed by atoms with Gasteiger partial charge in [-0.2, -0.15) is 0 Å². The Hall–Kier alpha value is -1.51. The third kappa shape index (κ3) is 2.60. The first-order valence-electron chi connectivity index (χ1n) is 6.28. The molecule has 1 fully saturated rings. The average molecular weight is 232 g/mol. The highest BCUT2D eigenvalue weighted by atomic mass is 16.2. The summed E-state index contributed by atoms with van der Waals surface area (Å²) in [5, 5.41) is 3.08. The summed E-state index contributed by atoms with van der Waals surface area (Å²) in [4.78, 5) is 14.4. The van der Waals surface area contributed by atoms with E-state index in [-0.39, 0.29) is 5.91 Å². The Morgan fingerprint density at radius 1 is 1.41 bits per heavy atom. The highest BCUT2D eigenvalue weighted by Gasteiger charge is 2.23. The van der Waals surface area contributed by atoms with Crippen molar-refractivity contribution in [1.82, 2.24) is 4.90 Å². The number of nitrogens with zero attached hydrogens (tertiary/aromatic N) is 1. The number of amides is 1. The minimum atomic E-state index is 0.154. The van der Waals surface area contributed by atoms with E-state index < -0.39 is 0 Å². The van der Waals surface area contributed by atoms with Gasteiger partial charge in [0.1, 0.15) is 0 Å². The Balaban J connectivity index is 2.18. The van der Waals surface area contributed by atoms with Gasteiger partial charge in [0.25, 0.3) is 5.91 Å². The van der Waals surface area contributed by atoms with Gasteiger partial charge in [0, 0.05) is 25.8 Å². The molecule has 0 radical (unpaired) electrons. The van der Waals surface area contributed by atoms with Crippen molar-refractivity contribution in [3.8, 4) is 0 Å². The van der Waals surface area contributed by atoms with E-state index in [1.807, 2.05) is 36.2 Å². The van der Waals surface area contributed by atoms with Crippen LogP contribution >= 0.6 is 0 Å². The largest absolute Gasteiger partial charge is 0.387 e. The minimum Gasteiger partial charge on any atom is -0.387 e. The standard InChI is InChI=1S/C14H20N2O/c1-11-6-5-9-16(10-11)14(17)12-7-3-4-8-13(12)15-2/h3-4,7-8,11,15H,5-6,9-10H2,1-2H3. The normalized spacial score (nSPS) is 20.1. The second-order valence-electron chi connectivity index (χ2n) is 4.79. The summed E-state index contributed by atoms with van der Waals surface area (Å²) in [5.74, 6) is 0.774. The van der Waals surface area contributed by atoms with E-state index in [0.717, 1.165) is 30.8 Å². The zero-order chi connectivity index (χ0) is 12.3. The molecule has 1 unspecified atom stereocenters. The van der Waals surface area contributed by atoms with E-state index in [2.05, 4.69) is 12.2 Å². The summed E-state index contributed by atoms with van der Waals surface area (Å²) >= 11 is 0. The van der Waals surface area contributed by atoms with Gasteiger partial charge in [-0.25, -0.2) is 0 Å². The zero-order valence-corrected chi connectivity index (χ0v) is 10.6. The molecule has 1 atom stereocenters. The molecule has 1 saturated heterocycles. The highest BCUT2D eigenvalue weighted by molar-refractivity contribution is 5.99. The van der Waals surface area contributed by atoms with Crippen molar-refractivity contribution in [3.63, 3.8) is 0 Å². The van der Waals surface area contributed by atoms with Gasteiger partial charge in [0.05, 0.1) is 5.56 Å². The Kier molecular flexibility index (Phi) is 3.67. The molecule has 2 rings (SSSR count). The van der Waals surface area contributed by atoms with Crippen LogP contribution in [0, 0.1) is 5.92 Å². The maximum absolute atomic E-state index is 12.4. The number of anilines is 1. The SMILES string of the molecule is CNc1ccccc1C(=O)N1CCCC(C)C1. The average Bonchev–Trinajstić information content (AvgIpc) is 2.38. The molecule has 0 aromatic heterocycles. The monoisotopic (exact) mass is 232 g/mol. The number of nitrogens with one attached hydrogen (secondary N) is 1. The van der Waals surface area contributed by atoms with Crippen LogP contribution in [0.4, 0.5) is 5.69 Å². The van der Waals surface area contributed by atoms with Crippen molar-refractivity contribution >= 4 is 11.6 Å². The lowest BCUT2D eigenvalue weighted by Gasteiger charge is -2.31. The highest BCUT2D eigenvalue weighted by Crippen LogP contribution is 2.21. The van der Waals surface area contributed by atoms with Gasteiger partial charge in [0.15, 0.2) is 0 Å². The molecule has 1 amide bonds. The molecular weight excluding hydrogens is 212 g/mol. The van der Waals surface area contributed by atoms with E-state index in [0.29, 0.717) is 5.92 Å². The summed E-state index contributed by atoms with van der Waals surface area (Å²) in [6.07, 6.45) is 2.35. The number of hydrogen-bond donors (Lipinski definition) is 1. The van der Waals surface area contributed by atoms with E-state index >= 15 is 0 Å². The predicted molar refractivity (Wildman–Crippen MR) is 70.3 cm³/mol. The van der Waals surface area contributed by atoms with Gasteiger partial charge in [-0.3, -0.25) is 4.79 Å². The number of benzene rings is 1. The fourth-order valence-electron chi connectivity index (χ4n) is 2.43. The number of hydrogen-bond acceptors (Lipinski definition) is 2. The lowest BCUT2D eigenvalue weighted by Crippen LogP contribution is -2.39. The third-order valence-electron chi connectivity index (χ3n) is 3.37. The molecule has 1 heterocycles. The zero-order valence-electron chi connectivity index (χ0n) is 10.6. The fourth-order valence-corrected chi connectivity index (χ4v) is 2.43. The van der Waals surface area contributed by atoms with Crippen LogP contribution in [-0.4, -0.2) is 30.9 Å². The molecular formula is C14H20N2O. The quantitative estimate of drug-likeness (QED) is 0.850. The Bertz CT molecular complexity index is 403. The number of piperidine rings is 1. The molecule has 3 nitrogen and oxygen atoms in total. The lowest BCUT2D eigenvalue weighted by molar-refractivity contribution is 0.0684. The molecule has 3 heteroatoms. The van der Waals surface area contributed by atoms with Crippen LogP contribution in [0.2, 0.25) is 0 Å². The molecule has 1 aliphatic rings. The van der Waals surface area contributed by atoms with Gasteiger partial charge < -0.3 is 10.2 Å². The van der Waals surface area contributed by atoms with Crippen LogP contribution in [0.15, 0.2) is 24.3 Å². The molecule has 0 bridgehead atoms. The van der Waals surface area contributed by atoms with Gasteiger partial charge in [-0.05, 0) is 30.9 Å². The molecule has 1 aliphatic heterocycles. The number of rotatable bonds is 2. The Morgan fingerprint density at radius 2 is 2.18 bits per heavy atom. The molecule has 17 heavy (non-hydrogen) atoms. The smallest absolute Gasteiger partial charge is 0.255 e. The van der Waals surface area contributed by atoms with Crippen LogP contribution in [-0.2, 0) is 0 Å². The summed E-state index contributed by atoms with van der Waals surface area (Å²) in [7, 11) is 1.85. The molecule has 1 aromatic rings. The first-order chi connectivity index (χ1) is 8.22. The number of likely N-dealkylation sites (tertiary alicyclic amines) is 1. The van der Waals surface area contributed by atoms with E-state index in [1.54, 1.807) is 0 Å². The van der Waals surface area contributed by atoms with Gasteiger partial charge in [0.2, 0.25) is 0 Å². The summed E-state index contributed by atoms with van der Waals surface area (Å²) in [6, 6.07) is 7.71. The van der Waals surface area contributed by atoms with E-state index in [9.17, 15) is 4.79 Å². The first-order valence-corrected chi connectivity index (χ1v) is 6.28. The van der Waals surface area contributed by atoms with Crippen molar-refractivity contribution in [1.29, 1.82) is 0 Å². The summed E-state index contributed by atoms with van der Waals surface area (Å²) in [5.41, 5.74) is 1.69. The van der Waals surface area contributed by atoms with Crippen LogP contribution in [0.3, 0.4) is 0 Å². The number of carbonyl (C=O) groups excluding carboxylic acids is 1. The van der Waals surface area contributed by atoms with Crippen LogP contribution in [0.1, 0.15) is 30.1 Å². The predicted octanol–water partition coefficient (Wildman–Crippen LogP) is 2.60. The van der Waals surface area contributed by atoms with Crippen LogP contribution < -0.4 is 5.32 Å². The molecule has 0 aliphatic carbocycles. The second-order valence-corrected chi connectivity index (χ2v) is 4.79. The molecule has 1 N–H and O–H groups in total. The molecule has 0 saturated carbocycles. The van der Waals surface area contributed by atoms with Crippen molar-refractivity contribution in [3.05, 3.63) is 29.8 Å². The van der Waals surface area contributed by atoms with E-state index in [1.165, 1.54) is 6.42 Å². The molecule has 1 aromatic carbocycles. The lowest BCUT2D eigenvalue weighted by atomic mass is 9.99. The van der Waals surface area contributed by atoms with Gasteiger partial charge >= 0.3 is 0 Å². The van der Waals surface area contributed by atoms with Gasteiger partial charge in [-0.15, -0.1) is 0 Å². The topological polar surface area (TPSA) is 32.3 Å². The van der Waals surface area contributed by atoms with Crippen molar-refractivity contribution in [2.24, 2.45) is 5.92 Å². The van der Waals surface area contributed by atoms with Crippen LogP contribution in [0.25, 0.3) is 0 Å². The number of carbonyl (C=O) groups is 1. The molecule has 0 spiro atoms. The summed E-state index contributed by atoms with van der Waals surface area (Å²) in [6.45, 7) is 3.99. The maximum Gasteiger partial charge on any atom is 0.255 e. The minimum absolute atomic E-state index is 0.154. The Morgan fingerprint density at radius 3 is 2.88 bits per heavy atom. The van der Waals surface area contributed by atoms with Crippen molar-refractivity contribution < 1.29 is 4.79 Å². The van der Waals surface area contributed by atoms with Crippen molar-refractivity contribution in [2.75, 3.05) is 25.5 Å². The first kappa shape index (κ1) is 12.0. The Labute approximate surface area is 103 Å². The second kappa shape index (κ2) is 5.21.